The lowest BCUT2D eigenvalue weighted by Crippen LogP contribution is -2.52. The molecule has 9 heteroatoms. The van der Waals surface area contributed by atoms with Crippen molar-refractivity contribution < 1.29 is 23.8 Å². The van der Waals surface area contributed by atoms with Gasteiger partial charge in [0.1, 0.15) is 11.9 Å². The zero-order chi connectivity index (χ0) is 22.2. The quantitative estimate of drug-likeness (QED) is 0.521. The van der Waals surface area contributed by atoms with E-state index in [1.165, 1.54) is 18.2 Å². The molecule has 0 spiro atoms. The highest BCUT2D eigenvalue weighted by Gasteiger charge is 2.33. The van der Waals surface area contributed by atoms with Crippen molar-refractivity contribution in [2.45, 2.75) is 44.1 Å². The van der Waals surface area contributed by atoms with Crippen LogP contribution in [0, 0.1) is 5.82 Å². The van der Waals surface area contributed by atoms with Gasteiger partial charge in [0.25, 0.3) is 0 Å². The van der Waals surface area contributed by atoms with Crippen LogP contribution in [0.15, 0.2) is 48.5 Å². The van der Waals surface area contributed by atoms with Crippen molar-refractivity contribution in [1.29, 1.82) is 0 Å². The Balaban J connectivity index is 1.45. The predicted octanol–water partition coefficient (Wildman–Crippen LogP) is 3.22. The number of ether oxygens (including phenoxy) is 1. The summed E-state index contributed by atoms with van der Waals surface area (Å²) in [5, 5.41) is 18.3. The first-order chi connectivity index (χ1) is 14.9. The highest BCUT2D eigenvalue weighted by molar-refractivity contribution is 6.30. The van der Waals surface area contributed by atoms with Gasteiger partial charge in [-0.05, 0) is 42.7 Å². The molecule has 0 unspecified atom stereocenters. The van der Waals surface area contributed by atoms with Gasteiger partial charge in [-0.3, -0.25) is 4.79 Å². The third-order valence-electron chi connectivity index (χ3n) is 5.05. The van der Waals surface area contributed by atoms with Crippen LogP contribution < -0.4 is 16.0 Å². The van der Waals surface area contributed by atoms with Crippen LogP contribution in [-0.4, -0.2) is 41.9 Å². The Kier molecular flexibility index (Phi) is 8.22. The van der Waals surface area contributed by atoms with Crippen LogP contribution in [0.5, 0.6) is 0 Å². The third kappa shape index (κ3) is 6.92. The lowest BCUT2D eigenvalue weighted by molar-refractivity contribution is -0.130. The molecule has 4 N–H and O–H groups in total. The first-order valence-corrected chi connectivity index (χ1v) is 10.4. The molecule has 0 bridgehead atoms. The standard InChI is InChI=1S/C22H25ClFN3O4/c23-15-7-5-14(6-8-15)12-25-21(29)11-16-9-10-19(20(13-28)31-16)27-22(30)26-18-4-2-1-3-17(18)24/h1-8,16,19-20,28H,9-13H2,(H,25,29)(H2,26,27,30)/t16-,19+,20-/m0/s1. The van der Waals surface area contributed by atoms with E-state index in [0.29, 0.717) is 24.4 Å². The molecular formula is C22H25ClFN3O4. The van der Waals surface area contributed by atoms with Gasteiger partial charge < -0.3 is 25.8 Å². The van der Waals surface area contributed by atoms with Gasteiger partial charge in [0.15, 0.2) is 0 Å². The number of carbonyl (C=O) groups excluding carboxylic acids is 2. The highest BCUT2D eigenvalue weighted by atomic mass is 35.5. The zero-order valence-corrected chi connectivity index (χ0v) is 17.6. The number of rotatable bonds is 7. The number of hydrogen-bond acceptors (Lipinski definition) is 4. The first-order valence-electron chi connectivity index (χ1n) is 10.0. The Hall–Kier alpha value is -2.68. The lowest BCUT2D eigenvalue weighted by atomic mass is 9.97. The summed E-state index contributed by atoms with van der Waals surface area (Å²) < 4.78 is 19.5. The number of anilines is 1. The van der Waals surface area contributed by atoms with Gasteiger partial charge in [-0.25, -0.2) is 9.18 Å². The van der Waals surface area contributed by atoms with Gasteiger partial charge in [0.2, 0.25) is 5.91 Å². The second-order valence-corrected chi connectivity index (χ2v) is 7.79. The maximum absolute atomic E-state index is 13.7. The molecule has 166 valence electrons. The van der Waals surface area contributed by atoms with Crippen LogP contribution in [-0.2, 0) is 16.1 Å². The second kappa shape index (κ2) is 11.1. The van der Waals surface area contributed by atoms with Gasteiger partial charge in [-0.1, -0.05) is 35.9 Å². The average Bonchev–Trinajstić information content (AvgIpc) is 2.76. The van der Waals surface area contributed by atoms with Gasteiger partial charge >= 0.3 is 6.03 Å². The number of amides is 3. The summed E-state index contributed by atoms with van der Waals surface area (Å²) in [7, 11) is 0. The van der Waals surface area contributed by atoms with Crippen LogP contribution in [0.1, 0.15) is 24.8 Å². The minimum atomic E-state index is -0.658. The molecule has 1 saturated heterocycles. The number of carbonyl (C=O) groups is 2. The Morgan fingerprint density at radius 1 is 1.13 bits per heavy atom. The molecular weight excluding hydrogens is 425 g/mol. The molecule has 1 aliphatic rings. The minimum absolute atomic E-state index is 0.0625. The molecule has 3 rings (SSSR count). The molecule has 2 aromatic rings. The summed E-state index contributed by atoms with van der Waals surface area (Å²) in [4.78, 5) is 24.4. The molecule has 2 aromatic carbocycles. The summed E-state index contributed by atoms with van der Waals surface area (Å²) in [5.74, 6) is -0.707. The predicted molar refractivity (Wildman–Crippen MR) is 115 cm³/mol. The van der Waals surface area contributed by atoms with Gasteiger partial charge in [0.05, 0.1) is 30.9 Å². The van der Waals surface area contributed by atoms with E-state index in [1.54, 1.807) is 18.2 Å². The molecule has 31 heavy (non-hydrogen) atoms. The molecule has 3 atom stereocenters. The fourth-order valence-corrected chi connectivity index (χ4v) is 3.54. The summed E-state index contributed by atoms with van der Waals surface area (Å²) >= 11 is 5.85. The molecule has 1 fully saturated rings. The van der Waals surface area contributed by atoms with E-state index in [1.807, 2.05) is 12.1 Å². The molecule has 0 radical (unpaired) electrons. The number of nitrogens with one attached hydrogen (secondary N) is 3. The number of para-hydroxylation sites is 1. The Bertz CT molecular complexity index is 897. The second-order valence-electron chi connectivity index (χ2n) is 7.35. The molecule has 0 aromatic heterocycles. The van der Waals surface area contributed by atoms with Crippen molar-refractivity contribution in [3.63, 3.8) is 0 Å². The maximum atomic E-state index is 13.7. The van der Waals surface area contributed by atoms with Crippen molar-refractivity contribution in [2.24, 2.45) is 0 Å². The van der Waals surface area contributed by atoms with E-state index in [2.05, 4.69) is 16.0 Å². The van der Waals surface area contributed by atoms with Crippen molar-refractivity contribution in [3.05, 3.63) is 64.9 Å². The SMILES string of the molecule is O=C(C[C@@H]1CC[C@@H](NC(=O)Nc2ccccc2F)[C@H](CO)O1)NCc1ccc(Cl)cc1. The summed E-state index contributed by atoms with van der Waals surface area (Å²) in [5.41, 5.74) is 0.994. The topological polar surface area (TPSA) is 99.7 Å². The normalized spacial score (nSPS) is 20.7. The molecule has 1 heterocycles. The van der Waals surface area contributed by atoms with E-state index in [9.17, 15) is 19.1 Å². The summed E-state index contributed by atoms with van der Waals surface area (Å²) in [6.07, 6.45) is 0.183. The molecule has 3 amide bonds. The molecule has 7 nitrogen and oxygen atoms in total. The van der Waals surface area contributed by atoms with E-state index >= 15 is 0 Å². The Labute approximate surface area is 184 Å². The molecule has 0 saturated carbocycles. The van der Waals surface area contributed by atoms with Crippen molar-refractivity contribution in [3.8, 4) is 0 Å². The maximum Gasteiger partial charge on any atom is 0.319 e. The van der Waals surface area contributed by atoms with Gasteiger partial charge in [-0.15, -0.1) is 0 Å². The average molecular weight is 450 g/mol. The van der Waals surface area contributed by atoms with Crippen LogP contribution in [0.25, 0.3) is 0 Å². The number of urea groups is 1. The molecule has 1 aliphatic heterocycles. The van der Waals surface area contributed by atoms with Crippen LogP contribution in [0.2, 0.25) is 5.02 Å². The lowest BCUT2D eigenvalue weighted by Gasteiger charge is -2.35. The summed E-state index contributed by atoms with van der Waals surface area (Å²) in [6, 6.07) is 12.0. The smallest absolute Gasteiger partial charge is 0.319 e. The Morgan fingerprint density at radius 2 is 1.87 bits per heavy atom. The van der Waals surface area contributed by atoms with Crippen LogP contribution in [0.3, 0.4) is 0 Å². The zero-order valence-electron chi connectivity index (χ0n) is 16.8. The highest BCUT2D eigenvalue weighted by Crippen LogP contribution is 2.22. The Morgan fingerprint density at radius 3 is 2.58 bits per heavy atom. The van der Waals surface area contributed by atoms with E-state index in [4.69, 9.17) is 16.3 Å². The van der Waals surface area contributed by atoms with Gasteiger partial charge in [-0.2, -0.15) is 0 Å². The fraction of sp³-hybridized carbons (Fsp3) is 0.364. The minimum Gasteiger partial charge on any atom is -0.394 e. The van der Waals surface area contributed by atoms with Crippen molar-refractivity contribution in [2.75, 3.05) is 11.9 Å². The number of benzene rings is 2. The van der Waals surface area contributed by atoms with E-state index < -0.39 is 24.0 Å². The van der Waals surface area contributed by atoms with Crippen LogP contribution in [0.4, 0.5) is 14.9 Å². The third-order valence-corrected chi connectivity index (χ3v) is 5.30. The largest absolute Gasteiger partial charge is 0.394 e. The fourth-order valence-electron chi connectivity index (χ4n) is 3.42. The first kappa shape index (κ1) is 23.0. The van der Waals surface area contributed by atoms with Crippen molar-refractivity contribution >= 4 is 29.2 Å². The monoisotopic (exact) mass is 449 g/mol. The number of aliphatic hydroxyl groups excluding tert-OH is 1. The number of aliphatic hydroxyl groups is 1. The van der Waals surface area contributed by atoms with Gasteiger partial charge in [0, 0.05) is 11.6 Å². The van der Waals surface area contributed by atoms with Crippen molar-refractivity contribution in [1.82, 2.24) is 10.6 Å². The van der Waals surface area contributed by atoms with E-state index in [0.717, 1.165) is 5.56 Å². The van der Waals surface area contributed by atoms with Crippen LogP contribution >= 0.6 is 11.6 Å². The van der Waals surface area contributed by atoms with E-state index in [-0.39, 0.29) is 30.7 Å². The number of hydrogen-bond donors (Lipinski definition) is 4. The molecule has 0 aliphatic carbocycles. The summed E-state index contributed by atoms with van der Waals surface area (Å²) in [6.45, 7) is 0.0695. The number of halogens is 2.